The van der Waals surface area contributed by atoms with Gasteiger partial charge in [0, 0.05) is 47.4 Å². The molecule has 2 N–H and O–H groups in total. The third kappa shape index (κ3) is 1.34. The van der Waals surface area contributed by atoms with Gasteiger partial charge in [-0.05, 0) is 24.3 Å². The van der Waals surface area contributed by atoms with Crippen molar-refractivity contribution >= 4 is 34.0 Å². The van der Waals surface area contributed by atoms with E-state index in [0.717, 1.165) is 16.8 Å². The highest BCUT2D eigenvalue weighted by molar-refractivity contribution is 6.28. The van der Waals surface area contributed by atoms with Crippen molar-refractivity contribution in [3.8, 4) is 0 Å². The zero-order valence-electron chi connectivity index (χ0n) is 11.5. The van der Waals surface area contributed by atoms with Crippen molar-refractivity contribution in [2.75, 3.05) is 23.9 Å². The summed E-state index contributed by atoms with van der Waals surface area (Å²) in [6, 6.07) is 7.00. The van der Waals surface area contributed by atoms with Gasteiger partial charge in [0.25, 0.3) is 11.8 Å². The van der Waals surface area contributed by atoms with E-state index in [1.807, 2.05) is 0 Å². The second kappa shape index (κ2) is 3.73. The molecule has 0 saturated heterocycles. The Morgan fingerprint density at radius 1 is 0.905 bits per heavy atom. The first kappa shape index (κ1) is 12.2. The lowest BCUT2D eigenvalue weighted by Gasteiger charge is -2.40. The quantitative estimate of drug-likeness (QED) is 0.702. The summed E-state index contributed by atoms with van der Waals surface area (Å²) in [7, 11) is 3.55. The molecule has 0 unspecified atom stereocenters. The van der Waals surface area contributed by atoms with E-state index in [1.54, 1.807) is 48.2 Å². The van der Waals surface area contributed by atoms with Crippen molar-refractivity contribution < 1.29 is 14.7 Å². The third-order valence-electron chi connectivity index (χ3n) is 4.29. The third-order valence-corrected chi connectivity index (χ3v) is 4.29. The lowest BCUT2D eigenvalue weighted by Crippen LogP contribution is -2.48. The fourth-order valence-corrected chi connectivity index (χ4v) is 3.17. The van der Waals surface area contributed by atoms with Crippen LogP contribution >= 0.6 is 0 Å². The molecule has 0 bridgehead atoms. The molecule has 0 saturated carbocycles. The topological polar surface area (TPSA) is 72.9 Å². The van der Waals surface area contributed by atoms with Crippen molar-refractivity contribution in [2.24, 2.45) is 0 Å². The molecule has 2 heterocycles. The number of nitrogens with one attached hydrogen (secondary N) is 1. The molecule has 0 spiro atoms. The first-order chi connectivity index (χ1) is 10.0. The van der Waals surface area contributed by atoms with E-state index in [0.29, 0.717) is 16.5 Å². The number of anilines is 2. The second-order valence-corrected chi connectivity index (χ2v) is 5.37. The van der Waals surface area contributed by atoms with E-state index < -0.39 is 6.35 Å². The normalized spacial score (nSPS) is 17.5. The smallest absolute Gasteiger partial charge is 0.258 e. The standard InChI is InChI=1S/C15H13N3O3/c1-17-9-5-3-7-11-8(14(20)16-13(7)19)4-6-10(12(9)11)18(2)15(17)21/h3-6,15,21H,1-2H3,(H,16,19,20). The molecule has 2 aliphatic heterocycles. The summed E-state index contributed by atoms with van der Waals surface area (Å²) in [5.74, 6) is -0.764. The fraction of sp³-hybridized carbons (Fsp3) is 0.200. The molecule has 2 aromatic rings. The van der Waals surface area contributed by atoms with E-state index >= 15 is 0 Å². The van der Waals surface area contributed by atoms with E-state index in [9.17, 15) is 14.7 Å². The van der Waals surface area contributed by atoms with Crippen LogP contribution in [0.2, 0.25) is 0 Å². The molecule has 0 atom stereocenters. The Morgan fingerprint density at radius 3 is 1.86 bits per heavy atom. The molecule has 106 valence electrons. The number of carbonyl (C=O) groups excluding carboxylic acids is 2. The Kier molecular flexibility index (Phi) is 2.16. The highest BCUT2D eigenvalue weighted by atomic mass is 16.3. The number of hydrogen-bond acceptors (Lipinski definition) is 5. The van der Waals surface area contributed by atoms with Crippen LogP contribution in [0.5, 0.6) is 0 Å². The van der Waals surface area contributed by atoms with Crippen LogP contribution in [-0.2, 0) is 0 Å². The van der Waals surface area contributed by atoms with Crippen molar-refractivity contribution in [3.63, 3.8) is 0 Å². The van der Waals surface area contributed by atoms with Crippen LogP contribution in [0, 0.1) is 0 Å². The Hall–Kier alpha value is -2.60. The Balaban J connectivity index is 2.21. The highest BCUT2D eigenvalue weighted by Gasteiger charge is 2.33. The molecule has 6 nitrogen and oxygen atoms in total. The van der Waals surface area contributed by atoms with E-state index in [2.05, 4.69) is 5.32 Å². The van der Waals surface area contributed by atoms with Gasteiger partial charge in [0.15, 0.2) is 0 Å². The van der Waals surface area contributed by atoms with Crippen LogP contribution in [-0.4, -0.2) is 37.4 Å². The van der Waals surface area contributed by atoms with Gasteiger partial charge in [-0.3, -0.25) is 14.9 Å². The predicted molar refractivity (Wildman–Crippen MR) is 78.6 cm³/mol. The number of rotatable bonds is 0. The maximum absolute atomic E-state index is 12.0. The summed E-state index contributed by atoms with van der Waals surface area (Å²) in [6.07, 6.45) is -0.787. The molecule has 6 heteroatoms. The number of amides is 2. The SMILES string of the molecule is CN1c2ccc3c4c(ccc(c24)N(C)C1O)C(=O)NC3=O. The second-order valence-electron chi connectivity index (χ2n) is 5.37. The molecule has 0 aliphatic carbocycles. The average Bonchev–Trinajstić information content (AvgIpc) is 2.48. The first-order valence-corrected chi connectivity index (χ1v) is 6.60. The number of nitrogens with zero attached hydrogens (tertiary/aromatic N) is 2. The maximum atomic E-state index is 12.0. The minimum absolute atomic E-state index is 0.382. The maximum Gasteiger partial charge on any atom is 0.258 e. The molecule has 2 aromatic carbocycles. The largest absolute Gasteiger partial charge is 0.356 e. The zero-order valence-corrected chi connectivity index (χ0v) is 11.5. The molecular weight excluding hydrogens is 270 g/mol. The monoisotopic (exact) mass is 283 g/mol. The van der Waals surface area contributed by atoms with Crippen LogP contribution in [0.4, 0.5) is 11.4 Å². The van der Waals surface area contributed by atoms with Crippen LogP contribution in [0.25, 0.3) is 10.8 Å². The van der Waals surface area contributed by atoms with Gasteiger partial charge in [-0.25, -0.2) is 0 Å². The van der Waals surface area contributed by atoms with Crippen LogP contribution in [0.15, 0.2) is 24.3 Å². The lowest BCUT2D eigenvalue weighted by molar-refractivity contribution is 0.0845. The van der Waals surface area contributed by atoms with Gasteiger partial charge < -0.3 is 14.9 Å². The number of aliphatic hydroxyl groups is 1. The van der Waals surface area contributed by atoms with Gasteiger partial charge in [-0.1, -0.05) is 0 Å². The summed E-state index contributed by atoms with van der Waals surface area (Å²) < 4.78 is 0. The summed E-state index contributed by atoms with van der Waals surface area (Å²) in [4.78, 5) is 27.5. The van der Waals surface area contributed by atoms with E-state index in [4.69, 9.17) is 0 Å². The van der Waals surface area contributed by atoms with Gasteiger partial charge in [-0.15, -0.1) is 0 Å². The predicted octanol–water partition coefficient (Wildman–Crippen LogP) is 0.885. The number of imide groups is 1. The van der Waals surface area contributed by atoms with Gasteiger partial charge >= 0.3 is 0 Å². The molecule has 21 heavy (non-hydrogen) atoms. The number of aliphatic hydroxyl groups excluding tert-OH is 1. The molecule has 2 aliphatic rings. The molecule has 0 fully saturated rings. The summed E-state index contributed by atoms with van der Waals surface area (Å²) in [5, 5.41) is 14.1. The molecular formula is C15H13N3O3. The lowest BCUT2D eigenvalue weighted by atomic mass is 9.91. The van der Waals surface area contributed by atoms with Gasteiger partial charge in [0.1, 0.15) is 0 Å². The highest BCUT2D eigenvalue weighted by Crippen LogP contribution is 2.43. The summed E-state index contributed by atoms with van der Waals surface area (Å²) in [6.45, 7) is 0. The fourth-order valence-electron chi connectivity index (χ4n) is 3.17. The van der Waals surface area contributed by atoms with E-state index in [-0.39, 0.29) is 11.8 Å². The van der Waals surface area contributed by atoms with Gasteiger partial charge in [-0.2, -0.15) is 0 Å². The first-order valence-electron chi connectivity index (χ1n) is 6.60. The summed E-state index contributed by atoms with van der Waals surface area (Å²) in [5.41, 5.74) is 2.59. The minimum Gasteiger partial charge on any atom is -0.356 e. The van der Waals surface area contributed by atoms with Crippen molar-refractivity contribution in [1.82, 2.24) is 5.32 Å². The van der Waals surface area contributed by atoms with E-state index in [1.165, 1.54) is 0 Å². The van der Waals surface area contributed by atoms with Crippen molar-refractivity contribution in [2.45, 2.75) is 6.35 Å². The van der Waals surface area contributed by atoms with Gasteiger partial charge in [0.05, 0.1) is 0 Å². The minimum atomic E-state index is -0.787. The van der Waals surface area contributed by atoms with Crippen molar-refractivity contribution in [3.05, 3.63) is 35.4 Å². The molecule has 4 rings (SSSR count). The molecule has 2 amide bonds. The van der Waals surface area contributed by atoms with Crippen molar-refractivity contribution in [1.29, 1.82) is 0 Å². The van der Waals surface area contributed by atoms with Crippen LogP contribution < -0.4 is 15.1 Å². The Bertz CT molecular complexity index is 768. The van der Waals surface area contributed by atoms with Crippen LogP contribution in [0.3, 0.4) is 0 Å². The number of benzene rings is 2. The molecule has 0 radical (unpaired) electrons. The zero-order chi connectivity index (χ0) is 14.9. The summed E-state index contributed by atoms with van der Waals surface area (Å²) >= 11 is 0. The van der Waals surface area contributed by atoms with Crippen LogP contribution in [0.1, 0.15) is 20.7 Å². The van der Waals surface area contributed by atoms with Gasteiger partial charge in [0.2, 0.25) is 6.35 Å². The number of carbonyl (C=O) groups is 2. The number of hydrogen-bond donors (Lipinski definition) is 2. The Morgan fingerprint density at radius 2 is 1.38 bits per heavy atom. The molecule has 0 aromatic heterocycles. The average molecular weight is 283 g/mol. The Labute approximate surface area is 120 Å².